The summed E-state index contributed by atoms with van der Waals surface area (Å²) in [5, 5.41) is 0. The highest BCUT2D eigenvalue weighted by Crippen LogP contribution is 2.56. The zero-order chi connectivity index (χ0) is 10.2. The van der Waals surface area contributed by atoms with Crippen molar-refractivity contribution < 1.29 is 18.5 Å². The Balaban J connectivity index is 2.41. The van der Waals surface area contributed by atoms with Gasteiger partial charge in [-0.15, -0.1) is 11.6 Å². The first-order chi connectivity index (χ1) is 6.62. The van der Waals surface area contributed by atoms with Gasteiger partial charge in [-0.3, -0.25) is 4.89 Å². The summed E-state index contributed by atoms with van der Waals surface area (Å²) in [5.74, 6) is 1.06. The number of hydrogen-bond donors (Lipinski definition) is 1. The average molecular weight is 235 g/mol. The molecule has 0 saturated heterocycles. The molecule has 0 saturated carbocycles. The van der Waals surface area contributed by atoms with Crippen LogP contribution in [0.2, 0.25) is 0 Å². The second-order valence-electron chi connectivity index (χ2n) is 2.83. The van der Waals surface area contributed by atoms with Gasteiger partial charge in [-0.2, -0.15) is 0 Å². The van der Waals surface area contributed by atoms with E-state index >= 15 is 0 Å². The van der Waals surface area contributed by atoms with Crippen LogP contribution in [-0.2, 0) is 11.0 Å². The topological polar surface area (TPSA) is 55.8 Å². The van der Waals surface area contributed by atoms with Crippen molar-refractivity contribution in [3.8, 4) is 11.5 Å². The molecule has 1 N–H and O–H groups in total. The van der Waals surface area contributed by atoms with E-state index < -0.39 is 7.82 Å². The van der Waals surface area contributed by atoms with E-state index in [2.05, 4.69) is 0 Å². The molecule has 0 aliphatic carbocycles. The number of phosphoric ester groups is 1. The largest absolute Gasteiger partial charge is 0.585 e. The summed E-state index contributed by atoms with van der Waals surface area (Å²) >= 11 is 5.58. The van der Waals surface area contributed by atoms with Gasteiger partial charge >= 0.3 is 7.82 Å². The highest BCUT2D eigenvalue weighted by atomic mass is 35.5. The van der Waals surface area contributed by atoms with E-state index in [-0.39, 0.29) is 0 Å². The van der Waals surface area contributed by atoms with Crippen LogP contribution in [0.3, 0.4) is 0 Å². The van der Waals surface area contributed by atoms with E-state index in [4.69, 9.17) is 25.5 Å². The van der Waals surface area contributed by atoms with E-state index in [9.17, 15) is 4.57 Å². The number of para-hydroxylation sites is 1. The molecule has 1 aliphatic rings. The van der Waals surface area contributed by atoms with Gasteiger partial charge in [0, 0.05) is 5.88 Å². The van der Waals surface area contributed by atoms with Crippen LogP contribution in [0.1, 0.15) is 5.56 Å². The van der Waals surface area contributed by atoms with Crippen LogP contribution in [0.4, 0.5) is 0 Å². The lowest BCUT2D eigenvalue weighted by molar-refractivity contribution is 0.323. The van der Waals surface area contributed by atoms with Crippen LogP contribution in [0.15, 0.2) is 18.2 Å². The van der Waals surface area contributed by atoms with Gasteiger partial charge in [-0.1, -0.05) is 12.1 Å². The van der Waals surface area contributed by atoms with Crippen molar-refractivity contribution in [2.75, 3.05) is 5.88 Å². The molecule has 4 nitrogen and oxygen atoms in total. The minimum absolute atomic E-state index is 0.304. The molecule has 1 unspecified atom stereocenters. The third-order valence-corrected chi connectivity index (χ3v) is 2.87. The molecule has 14 heavy (non-hydrogen) atoms. The smallest absolute Gasteiger partial charge is 0.391 e. The summed E-state index contributed by atoms with van der Waals surface area (Å²) in [6.07, 6.45) is 0.577. The molecule has 0 aromatic heterocycles. The molecule has 1 aromatic rings. The van der Waals surface area contributed by atoms with Gasteiger partial charge in [0.25, 0.3) is 0 Å². The molecule has 0 fully saturated rings. The molecule has 1 atom stereocenters. The molecule has 2 rings (SSSR count). The molecule has 76 valence electrons. The van der Waals surface area contributed by atoms with Crippen molar-refractivity contribution in [2.24, 2.45) is 0 Å². The molecular formula is C8H8ClO4P. The van der Waals surface area contributed by atoms with E-state index in [0.717, 1.165) is 5.56 Å². The van der Waals surface area contributed by atoms with Crippen molar-refractivity contribution >= 4 is 19.4 Å². The molecule has 1 heterocycles. The minimum atomic E-state index is -3.92. The summed E-state index contributed by atoms with van der Waals surface area (Å²) < 4.78 is 20.6. The van der Waals surface area contributed by atoms with Crippen LogP contribution < -0.4 is 9.05 Å². The van der Waals surface area contributed by atoms with Gasteiger partial charge in [-0.25, -0.2) is 4.57 Å². The lowest BCUT2D eigenvalue weighted by Crippen LogP contribution is -1.90. The summed E-state index contributed by atoms with van der Waals surface area (Å²) in [5.41, 5.74) is 0.782. The van der Waals surface area contributed by atoms with Crippen molar-refractivity contribution in [3.05, 3.63) is 23.8 Å². The number of rotatable bonds is 2. The molecule has 0 bridgehead atoms. The van der Waals surface area contributed by atoms with Gasteiger partial charge in [0.15, 0.2) is 11.5 Å². The predicted molar refractivity (Wildman–Crippen MR) is 51.9 cm³/mol. The fraction of sp³-hybridized carbons (Fsp3) is 0.250. The Bertz CT molecular complexity index is 406. The third kappa shape index (κ3) is 1.73. The number of alkyl halides is 1. The van der Waals surface area contributed by atoms with Crippen LogP contribution in [0.25, 0.3) is 0 Å². The van der Waals surface area contributed by atoms with Crippen LogP contribution in [0.5, 0.6) is 11.5 Å². The lowest BCUT2D eigenvalue weighted by Gasteiger charge is -2.02. The van der Waals surface area contributed by atoms with Gasteiger partial charge in [0.05, 0.1) is 0 Å². The Morgan fingerprint density at radius 2 is 2.21 bits per heavy atom. The second kappa shape index (κ2) is 3.46. The predicted octanol–water partition coefficient (Wildman–Crippen LogP) is 2.34. The fourth-order valence-corrected chi connectivity index (χ4v) is 2.36. The lowest BCUT2D eigenvalue weighted by atomic mass is 10.1. The van der Waals surface area contributed by atoms with Crippen LogP contribution in [-0.4, -0.2) is 10.8 Å². The summed E-state index contributed by atoms with van der Waals surface area (Å²) in [7, 11) is -3.92. The van der Waals surface area contributed by atoms with E-state index in [1.807, 2.05) is 0 Å². The average Bonchev–Trinajstić information content (AvgIpc) is 2.41. The zero-order valence-corrected chi connectivity index (χ0v) is 8.79. The molecule has 0 radical (unpaired) electrons. The third-order valence-electron chi connectivity index (χ3n) is 1.84. The van der Waals surface area contributed by atoms with Gasteiger partial charge in [0.1, 0.15) is 0 Å². The van der Waals surface area contributed by atoms with E-state index in [1.165, 1.54) is 0 Å². The monoisotopic (exact) mass is 234 g/mol. The Kier molecular flexibility index (Phi) is 2.43. The number of halogens is 1. The van der Waals surface area contributed by atoms with Crippen LogP contribution >= 0.6 is 19.4 Å². The Morgan fingerprint density at radius 1 is 1.43 bits per heavy atom. The molecular weight excluding hydrogens is 227 g/mol. The van der Waals surface area contributed by atoms with Crippen molar-refractivity contribution in [1.82, 2.24) is 0 Å². The quantitative estimate of drug-likeness (QED) is 0.630. The Labute approximate surface area is 86.0 Å². The van der Waals surface area contributed by atoms with Gasteiger partial charge in [0.2, 0.25) is 0 Å². The molecule has 0 amide bonds. The maximum Gasteiger partial charge on any atom is 0.585 e. The standard InChI is InChI=1S/C8H8ClO4P/c9-5-4-6-2-1-3-7-8(6)13-14(10,11)12-7/h1-3H,4-5H2,(H,10,11). The first kappa shape index (κ1) is 9.84. The summed E-state index contributed by atoms with van der Waals surface area (Å²) in [4.78, 5) is 9.09. The number of benzene rings is 1. The molecule has 1 aromatic carbocycles. The summed E-state index contributed by atoms with van der Waals surface area (Å²) in [6, 6.07) is 5.11. The van der Waals surface area contributed by atoms with Crippen molar-refractivity contribution in [3.63, 3.8) is 0 Å². The van der Waals surface area contributed by atoms with Crippen LogP contribution in [0, 0.1) is 0 Å². The number of hydrogen-bond acceptors (Lipinski definition) is 3. The normalized spacial score (nSPS) is 23.9. The minimum Gasteiger partial charge on any atom is -0.391 e. The number of phosphoric acid groups is 1. The van der Waals surface area contributed by atoms with Crippen molar-refractivity contribution in [2.45, 2.75) is 6.42 Å². The highest BCUT2D eigenvalue weighted by Gasteiger charge is 2.36. The van der Waals surface area contributed by atoms with E-state index in [1.54, 1.807) is 18.2 Å². The number of aryl methyl sites for hydroxylation is 1. The van der Waals surface area contributed by atoms with Gasteiger partial charge < -0.3 is 9.05 Å². The van der Waals surface area contributed by atoms with Crippen molar-refractivity contribution in [1.29, 1.82) is 0 Å². The zero-order valence-electron chi connectivity index (χ0n) is 7.14. The molecule has 1 aliphatic heterocycles. The second-order valence-corrected chi connectivity index (χ2v) is 4.51. The maximum atomic E-state index is 11.1. The first-order valence-corrected chi connectivity index (χ1v) is 6.05. The molecule has 6 heteroatoms. The maximum absolute atomic E-state index is 11.1. The first-order valence-electron chi connectivity index (χ1n) is 4.02. The Hall–Kier alpha value is -0.700. The van der Waals surface area contributed by atoms with E-state index in [0.29, 0.717) is 23.8 Å². The molecule has 0 spiro atoms. The highest BCUT2D eigenvalue weighted by molar-refractivity contribution is 7.48. The fourth-order valence-electron chi connectivity index (χ4n) is 1.29. The number of fused-ring (bicyclic) bond motifs is 1. The van der Waals surface area contributed by atoms with Gasteiger partial charge in [-0.05, 0) is 18.1 Å². The SMILES string of the molecule is O=P1(O)Oc2cccc(CCCl)c2O1. The Morgan fingerprint density at radius 3 is 2.93 bits per heavy atom. The summed E-state index contributed by atoms with van der Waals surface area (Å²) in [6.45, 7) is 0.